The van der Waals surface area contributed by atoms with E-state index >= 15 is 0 Å². The number of carbonyl (C=O) groups is 2. The van der Waals surface area contributed by atoms with Crippen LogP contribution < -0.4 is 14.8 Å². The molecule has 0 fully saturated rings. The summed E-state index contributed by atoms with van der Waals surface area (Å²) in [6.45, 7) is 3.39. The van der Waals surface area contributed by atoms with Crippen molar-refractivity contribution in [3.63, 3.8) is 0 Å². The lowest BCUT2D eigenvalue weighted by Crippen LogP contribution is -2.31. The number of benzene rings is 2. The van der Waals surface area contributed by atoms with Crippen molar-refractivity contribution in [2.45, 2.75) is 32.2 Å². The molecule has 8 nitrogen and oxygen atoms in total. The number of nitrogens with one attached hydrogen (secondary N) is 1. The second-order valence-corrected chi connectivity index (χ2v) is 8.51. The molecule has 11 heteroatoms. The number of carbonyl (C=O) groups excluding carboxylic acids is 1. The maximum absolute atomic E-state index is 12.5. The van der Waals surface area contributed by atoms with Gasteiger partial charge in [0.25, 0.3) is 0 Å². The molecule has 0 aliphatic carbocycles. The molecule has 1 heterocycles. The number of nitrogens with zero attached hydrogens (tertiary/aromatic N) is 1. The molecule has 0 bridgehead atoms. The van der Waals surface area contributed by atoms with Gasteiger partial charge in [0.1, 0.15) is 22.9 Å². The predicted octanol–water partition coefficient (Wildman–Crippen LogP) is 5.42. The summed E-state index contributed by atoms with van der Waals surface area (Å²) in [6, 6.07) is 12.0. The predicted molar refractivity (Wildman–Crippen MR) is 129 cm³/mol. The van der Waals surface area contributed by atoms with Crippen molar-refractivity contribution in [3.05, 3.63) is 71.4 Å². The highest BCUT2D eigenvalue weighted by molar-refractivity contribution is 5.95. The molecule has 0 amide bonds. The number of hydrogen-bond acceptors (Lipinski definition) is 7. The Labute approximate surface area is 211 Å². The molecule has 3 aromatic rings. The highest BCUT2D eigenvalue weighted by Crippen LogP contribution is 2.39. The van der Waals surface area contributed by atoms with Gasteiger partial charge in [-0.1, -0.05) is 12.1 Å². The number of aromatic carboxylic acids is 1. The van der Waals surface area contributed by atoms with Crippen molar-refractivity contribution < 1.29 is 42.1 Å². The van der Waals surface area contributed by atoms with Crippen LogP contribution in [0.3, 0.4) is 0 Å². The molecule has 0 saturated carbocycles. The zero-order valence-electron chi connectivity index (χ0n) is 20.5. The highest BCUT2D eigenvalue weighted by Gasteiger charge is 2.36. The van der Waals surface area contributed by atoms with E-state index in [9.17, 15) is 27.9 Å². The van der Waals surface area contributed by atoms with Gasteiger partial charge in [0.2, 0.25) is 0 Å². The topological polar surface area (TPSA) is 107 Å². The van der Waals surface area contributed by atoms with Gasteiger partial charge in [0.15, 0.2) is 0 Å². The van der Waals surface area contributed by atoms with E-state index in [1.807, 2.05) is 0 Å². The average molecular weight is 518 g/mol. The number of alkyl halides is 3. The number of aromatic nitrogens is 1. The summed E-state index contributed by atoms with van der Waals surface area (Å²) >= 11 is 0. The maximum Gasteiger partial charge on any atom is 0.573 e. The summed E-state index contributed by atoms with van der Waals surface area (Å²) in [4.78, 5) is 28.7. The summed E-state index contributed by atoms with van der Waals surface area (Å²) < 4.78 is 51.5. The van der Waals surface area contributed by atoms with Gasteiger partial charge in [-0.05, 0) is 61.4 Å². The molecular weight excluding hydrogens is 493 g/mol. The first-order chi connectivity index (χ1) is 17.4. The summed E-state index contributed by atoms with van der Waals surface area (Å²) in [5.41, 5.74) is 0.595. The fraction of sp³-hybridized carbons (Fsp3) is 0.269. The lowest BCUT2D eigenvalue weighted by Gasteiger charge is -2.26. The minimum atomic E-state index is -4.78. The molecule has 0 aliphatic heterocycles. The molecule has 3 rings (SSSR count). The molecule has 0 radical (unpaired) electrons. The Morgan fingerprint density at radius 1 is 1.03 bits per heavy atom. The Morgan fingerprint density at radius 2 is 1.76 bits per heavy atom. The van der Waals surface area contributed by atoms with Crippen LogP contribution in [0, 0.1) is 0 Å². The number of anilines is 1. The van der Waals surface area contributed by atoms with Gasteiger partial charge >= 0.3 is 18.3 Å². The van der Waals surface area contributed by atoms with E-state index in [1.54, 1.807) is 38.1 Å². The van der Waals surface area contributed by atoms with Crippen LogP contribution in [0.15, 0.2) is 54.7 Å². The van der Waals surface area contributed by atoms with E-state index in [2.05, 4.69) is 15.0 Å². The number of carboxylic acids is 1. The summed E-state index contributed by atoms with van der Waals surface area (Å²) in [5.74, 6) is -1.64. The number of hydrogen-bond donors (Lipinski definition) is 2. The van der Waals surface area contributed by atoms with E-state index < -0.39 is 23.7 Å². The van der Waals surface area contributed by atoms with Crippen molar-refractivity contribution in [2.24, 2.45) is 0 Å². The van der Waals surface area contributed by atoms with Gasteiger partial charge in [-0.15, -0.1) is 13.2 Å². The minimum absolute atomic E-state index is 0.0506. The second-order valence-electron chi connectivity index (χ2n) is 8.51. The Morgan fingerprint density at radius 3 is 2.32 bits per heavy atom. The van der Waals surface area contributed by atoms with Crippen molar-refractivity contribution in [3.8, 4) is 22.6 Å². The molecule has 2 N–H and O–H groups in total. The van der Waals surface area contributed by atoms with Crippen LogP contribution in [0.25, 0.3) is 11.1 Å². The third kappa shape index (κ3) is 6.49. The molecule has 196 valence electrons. The molecule has 0 atom stereocenters. The van der Waals surface area contributed by atoms with Crippen molar-refractivity contribution in [1.82, 2.24) is 4.98 Å². The average Bonchev–Trinajstić information content (AvgIpc) is 2.85. The minimum Gasteiger partial charge on any atom is -0.496 e. The van der Waals surface area contributed by atoms with E-state index in [-0.39, 0.29) is 23.6 Å². The summed E-state index contributed by atoms with van der Waals surface area (Å²) in [7, 11) is 2.57. The standard InChI is InChI=1S/C26H25F3N2O6/c1-25(2,24(34)36-4)20-12-17(11-19(23(32)33)22(20)35-3)16-8-9-21(31-14-16)30-13-15-6-5-7-18(10-15)37-26(27,28)29/h5-12,14H,13H2,1-4H3,(H,30,31)(H,32,33). The number of rotatable bonds is 9. The fourth-order valence-corrected chi connectivity index (χ4v) is 3.72. The van der Waals surface area contributed by atoms with Crippen LogP contribution >= 0.6 is 0 Å². The normalized spacial score (nSPS) is 11.5. The van der Waals surface area contributed by atoms with E-state index in [0.29, 0.717) is 28.1 Å². The SMILES string of the molecule is COC(=O)C(C)(C)c1cc(-c2ccc(NCc3cccc(OC(F)(F)F)c3)nc2)cc(C(=O)O)c1OC. The fourth-order valence-electron chi connectivity index (χ4n) is 3.72. The van der Waals surface area contributed by atoms with Crippen molar-refractivity contribution in [1.29, 1.82) is 0 Å². The Bertz CT molecular complexity index is 1290. The molecular formula is C26H25F3N2O6. The Balaban J connectivity index is 1.88. The zero-order chi connectivity index (χ0) is 27.4. The van der Waals surface area contributed by atoms with Crippen LogP contribution in [-0.4, -0.2) is 42.6 Å². The van der Waals surface area contributed by atoms with E-state index in [4.69, 9.17) is 9.47 Å². The molecule has 0 spiro atoms. The number of methoxy groups -OCH3 is 2. The molecule has 37 heavy (non-hydrogen) atoms. The summed E-state index contributed by atoms with van der Waals surface area (Å²) in [6.07, 6.45) is -3.27. The number of pyridine rings is 1. The third-order valence-corrected chi connectivity index (χ3v) is 5.59. The monoisotopic (exact) mass is 518 g/mol. The molecule has 1 aromatic heterocycles. The Kier molecular flexibility index (Phi) is 7.95. The van der Waals surface area contributed by atoms with Gasteiger partial charge in [0, 0.05) is 23.9 Å². The number of carboxylic acid groups (broad SMARTS) is 1. The van der Waals surface area contributed by atoms with Crippen LogP contribution in [0.5, 0.6) is 11.5 Å². The molecule has 0 unspecified atom stereocenters. The largest absolute Gasteiger partial charge is 0.573 e. The van der Waals surface area contributed by atoms with Gasteiger partial charge in [-0.3, -0.25) is 4.79 Å². The van der Waals surface area contributed by atoms with E-state index in [1.165, 1.54) is 44.7 Å². The molecule has 0 saturated heterocycles. The first-order valence-electron chi connectivity index (χ1n) is 10.9. The molecule has 0 aliphatic rings. The Hall–Kier alpha value is -4.28. The van der Waals surface area contributed by atoms with Gasteiger partial charge in [-0.25, -0.2) is 9.78 Å². The first-order valence-corrected chi connectivity index (χ1v) is 10.9. The van der Waals surface area contributed by atoms with E-state index in [0.717, 1.165) is 0 Å². The van der Waals surface area contributed by atoms with Gasteiger partial charge in [0.05, 0.1) is 19.6 Å². The van der Waals surface area contributed by atoms with Crippen LogP contribution in [-0.2, 0) is 21.5 Å². The van der Waals surface area contributed by atoms with Gasteiger partial charge in [-0.2, -0.15) is 0 Å². The molecule has 2 aromatic carbocycles. The number of esters is 1. The first kappa shape index (κ1) is 27.3. The van der Waals surface area contributed by atoms with Crippen LogP contribution in [0.1, 0.15) is 35.3 Å². The van der Waals surface area contributed by atoms with Crippen LogP contribution in [0.4, 0.5) is 19.0 Å². The lowest BCUT2D eigenvalue weighted by atomic mass is 9.81. The maximum atomic E-state index is 12.5. The van der Waals surface area contributed by atoms with Crippen molar-refractivity contribution >= 4 is 17.8 Å². The van der Waals surface area contributed by atoms with Gasteiger partial charge < -0.3 is 24.6 Å². The van der Waals surface area contributed by atoms with Crippen molar-refractivity contribution in [2.75, 3.05) is 19.5 Å². The second kappa shape index (κ2) is 10.8. The highest BCUT2D eigenvalue weighted by atomic mass is 19.4. The van der Waals surface area contributed by atoms with Crippen LogP contribution in [0.2, 0.25) is 0 Å². The third-order valence-electron chi connectivity index (χ3n) is 5.59. The lowest BCUT2D eigenvalue weighted by molar-refractivity contribution is -0.274. The summed E-state index contributed by atoms with van der Waals surface area (Å²) in [5, 5.41) is 12.8. The zero-order valence-corrected chi connectivity index (χ0v) is 20.5. The smallest absolute Gasteiger partial charge is 0.496 e. The number of ether oxygens (including phenoxy) is 3. The quantitative estimate of drug-likeness (QED) is 0.362. The number of halogens is 3.